The number of nitrogens with zero attached hydrogens (tertiary/aromatic N) is 2. The van der Waals surface area contributed by atoms with Crippen LogP contribution in [-0.2, 0) is 10.3 Å². The normalized spacial score (nSPS) is 20.2. The molecule has 3 rings (SSSR count). The molecule has 2 aromatic carbocycles. The largest absolute Gasteiger partial charge is 0.497 e. The molecule has 1 atom stereocenters. The second kappa shape index (κ2) is 6.35. The molecule has 3 amide bonds. The molecular weight excluding hydrogens is 325 g/mol. The van der Waals surface area contributed by atoms with Crippen molar-refractivity contribution in [3.63, 3.8) is 0 Å². The number of amides is 3. The molecule has 1 unspecified atom stereocenters. The second-order valence-corrected chi connectivity index (χ2v) is 5.70. The quantitative estimate of drug-likeness (QED) is 0.686. The number of imide groups is 1. The van der Waals surface area contributed by atoms with Crippen molar-refractivity contribution >= 4 is 18.2 Å². The molecular formula is C18H16FN3O3. The topological polar surface area (TPSA) is 71.0 Å². The Morgan fingerprint density at radius 1 is 1.20 bits per heavy atom. The van der Waals surface area contributed by atoms with Gasteiger partial charge in [0.2, 0.25) is 0 Å². The number of benzene rings is 2. The number of rotatable bonds is 4. The molecule has 0 spiro atoms. The van der Waals surface area contributed by atoms with Crippen molar-refractivity contribution < 1.29 is 18.7 Å². The highest BCUT2D eigenvalue weighted by Crippen LogP contribution is 2.30. The zero-order valence-corrected chi connectivity index (χ0v) is 13.7. The van der Waals surface area contributed by atoms with Crippen LogP contribution in [0.2, 0.25) is 0 Å². The van der Waals surface area contributed by atoms with Gasteiger partial charge >= 0.3 is 6.03 Å². The van der Waals surface area contributed by atoms with Crippen LogP contribution in [0.15, 0.2) is 53.6 Å². The number of methoxy groups -OCH3 is 1. The van der Waals surface area contributed by atoms with Gasteiger partial charge in [-0.1, -0.05) is 24.3 Å². The van der Waals surface area contributed by atoms with E-state index in [-0.39, 0.29) is 0 Å². The van der Waals surface area contributed by atoms with Gasteiger partial charge in [0.25, 0.3) is 5.91 Å². The highest BCUT2D eigenvalue weighted by molar-refractivity contribution is 6.07. The van der Waals surface area contributed by atoms with Gasteiger partial charge in [-0.15, -0.1) is 5.01 Å². The van der Waals surface area contributed by atoms with Crippen LogP contribution in [0.3, 0.4) is 0 Å². The smallest absolute Gasteiger partial charge is 0.346 e. The monoisotopic (exact) mass is 341 g/mol. The van der Waals surface area contributed by atoms with Crippen molar-refractivity contribution in [1.82, 2.24) is 10.3 Å². The number of ether oxygens (including phenoxy) is 1. The first kappa shape index (κ1) is 16.6. The van der Waals surface area contributed by atoms with Gasteiger partial charge in [0.1, 0.15) is 17.1 Å². The summed E-state index contributed by atoms with van der Waals surface area (Å²) < 4.78 is 18.3. The molecule has 2 aromatic rings. The molecule has 1 aliphatic rings. The molecule has 0 aliphatic carbocycles. The Balaban J connectivity index is 1.86. The Morgan fingerprint density at radius 3 is 2.56 bits per heavy atom. The lowest BCUT2D eigenvalue weighted by molar-refractivity contribution is -0.131. The zero-order chi connectivity index (χ0) is 18.0. The minimum absolute atomic E-state index is 0.427. The van der Waals surface area contributed by atoms with Gasteiger partial charge in [0.15, 0.2) is 0 Å². The standard InChI is InChI=1S/C18H16FN3O3/c1-18(13-6-8-15(25-2)9-7-13)16(23)22(17(24)21-18)20-11-12-4-3-5-14(19)10-12/h3-11H,1-2H3,(H,21,24)/b20-11+. The van der Waals surface area contributed by atoms with E-state index in [0.717, 1.165) is 5.01 Å². The predicted octanol–water partition coefficient (Wildman–Crippen LogP) is 2.64. The Morgan fingerprint density at radius 2 is 1.92 bits per heavy atom. The number of hydrogen-bond acceptors (Lipinski definition) is 4. The summed E-state index contributed by atoms with van der Waals surface area (Å²) in [5.41, 5.74) is -0.184. The number of halogens is 1. The van der Waals surface area contributed by atoms with Crippen LogP contribution in [0.5, 0.6) is 5.75 Å². The fourth-order valence-electron chi connectivity index (χ4n) is 2.56. The number of urea groups is 1. The number of hydrazone groups is 1. The Hall–Kier alpha value is -3.22. The van der Waals surface area contributed by atoms with Gasteiger partial charge in [0, 0.05) is 0 Å². The highest BCUT2D eigenvalue weighted by Gasteiger charge is 2.49. The van der Waals surface area contributed by atoms with Gasteiger partial charge in [-0.05, 0) is 42.3 Å². The summed E-state index contributed by atoms with van der Waals surface area (Å²) in [6.07, 6.45) is 1.26. The highest BCUT2D eigenvalue weighted by atomic mass is 19.1. The molecule has 0 bridgehead atoms. The maximum absolute atomic E-state index is 13.2. The number of carbonyl (C=O) groups is 2. The molecule has 1 saturated heterocycles. The summed E-state index contributed by atoms with van der Waals surface area (Å²) in [6.45, 7) is 1.60. The lowest BCUT2D eigenvalue weighted by Crippen LogP contribution is -2.40. The van der Waals surface area contributed by atoms with Crippen molar-refractivity contribution in [2.24, 2.45) is 5.10 Å². The third-order valence-electron chi connectivity index (χ3n) is 4.01. The van der Waals surface area contributed by atoms with E-state index in [1.807, 2.05) is 0 Å². The Labute approximate surface area is 143 Å². The van der Waals surface area contributed by atoms with Gasteiger partial charge in [-0.3, -0.25) is 4.79 Å². The van der Waals surface area contributed by atoms with Crippen LogP contribution in [0.4, 0.5) is 9.18 Å². The molecule has 1 fully saturated rings. The maximum atomic E-state index is 13.2. The van der Waals surface area contributed by atoms with Crippen molar-refractivity contribution in [2.45, 2.75) is 12.5 Å². The summed E-state index contributed by atoms with van der Waals surface area (Å²) >= 11 is 0. The first-order chi connectivity index (χ1) is 11.9. The van der Waals surface area contributed by atoms with Crippen LogP contribution in [0.1, 0.15) is 18.1 Å². The van der Waals surface area contributed by atoms with Gasteiger partial charge < -0.3 is 10.1 Å². The molecule has 128 valence electrons. The van der Waals surface area contributed by atoms with E-state index in [4.69, 9.17) is 4.74 Å². The molecule has 1 N–H and O–H groups in total. The van der Waals surface area contributed by atoms with E-state index in [9.17, 15) is 14.0 Å². The fraction of sp³-hybridized carbons (Fsp3) is 0.167. The SMILES string of the molecule is COc1ccc(C2(C)NC(=O)N(/N=C/c3cccc(F)c3)C2=O)cc1. The third-order valence-corrected chi connectivity index (χ3v) is 4.01. The summed E-state index contributed by atoms with van der Waals surface area (Å²) in [5, 5.41) is 7.29. The van der Waals surface area contributed by atoms with Crippen LogP contribution in [0.25, 0.3) is 0 Å². The van der Waals surface area contributed by atoms with Crippen molar-refractivity contribution in [3.8, 4) is 5.75 Å². The molecule has 1 aliphatic heterocycles. The molecule has 25 heavy (non-hydrogen) atoms. The van der Waals surface area contributed by atoms with Gasteiger partial charge in [-0.2, -0.15) is 5.10 Å². The Kier molecular flexibility index (Phi) is 4.22. The summed E-state index contributed by atoms with van der Waals surface area (Å²) in [6, 6.07) is 11.9. The molecule has 0 aromatic heterocycles. The van der Waals surface area contributed by atoms with Crippen LogP contribution >= 0.6 is 0 Å². The second-order valence-electron chi connectivity index (χ2n) is 5.70. The summed E-state index contributed by atoms with van der Waals surface area (Å²) in [5.74, 6) is -0.301. The molecule has 0 radical (unpaired) electrons. The first-order valence-corrected chi connectivity index (χ1v) is 7.55. The number of nitrogens with one attached hydrogen (secondary N) is 1. The average molecular weight is 341 g/mol. The van der Waals surface area contributed by atoms with Crippen molar-refractivity contribution in [1.29, 1.82) is 0 Å². The van der Waals surface area contributed by atoms with E-state index in [1.54, 1.807) is 44.4 Å². The summed E-state index contributed by atoms with van der Waals surface area (Å²) in [4.78, 5) is 24.9. The number of hydrogen-bond donors (Lipinski definition) is 1. The van der Waals surface area contributed by atoms with Crippen LogP contribution in [-0.4, -0.2) is 30.3 Å². The first-order valence-electron chi connectivity index (χ1n) is 7.55. The lowest BCUT2D eigenvalue weighted by atomic mass is 9.92. The molecule has 1 heterocycles. The van der Waals surface area contributed by atoms with Crippen LogP contribution in [0, 0.1) is 5.82 Å². The fourth-order valence-corrected chi connectivity index (χ4v) is 2.56. The van der Waals surface area contributed by atoms with E-state index in [1.165, 1.54) is 24.4 Å². The van der Waals surface area contributed by atoms with E-state index < -0.39 is 23.3 Å². The maximum Gasteiger partial charge on any atom is 0.346 e. The van der Waals surface area contributed by atoms with E-state index in [2.05, 4.69) is 10.4 Å². The molecule has 7 heteroatoms. The lowest BCUT2D eigenvalue weighted by Gasteiger charge is -2.21. The minimum atomic E-state index is -1.23. The van der Waals surface area contributed by atoms with Crippen LogP contribution < -0.4 is 10.1 Å². The average Bonchev–Trinajstić information content (AvgIpc) is 2.83. The van der Waals surface area contributed by atoms with Gasteiger partial charge in [-0.25, -0.2) is 9.18 Å². The molecule has 0 saturated carbocycles. The third kappa shape index (κ3) is 3.08. The van der Waals surface area contributed by atoms with Gasteiger partial charge in [0.05, 0.1) is 13.3 Å². The predicted molar refractivity (Wildman–Crippen MR) is 89.7 cm³/mol. The molecule has 6 nitrogen and oxygen atoms in total. The summed E-state index contributed by atoms with van der Waals surface area (Å²) in [7, 11) is 1.54. The van der Waals surface area contributed by atoms with Crippen molar-refractivity contribution in [3.05, 3.63) is 65.5 Å². The van der Waals surface area contributed by atoms with E-state index >= 15 is 0 Å². The Bertz CT molecular complexity index is 851. The number of carbonyl (C=O) groups excluding carboxylic acids is 2. The van der Waals surface area contributed by atoms with E-state index in [0.29, 0.717) is 16.9 Å². The minimum Gasteiger partial charge on any atom is -0.497 e. The zero-order valence-electron chi connectivity index (χ0n) is 13.7. The van der Waals surface area contributed by atoms with Crippen molar-refractivity contribution in [2.75, 3.05) is 7.11 Å².